The molecule has 1 fully saturated rings. The Morgan fingerprint density at radius 2 is 1.92 bits per heavy atom. The van der Waals surface area contributed by atoms with Gasteiger partial charge in [-0.05, 0) is 32.1 Å². The van der Waals surface area contributed by atoms with Gasteiger partial charge in [-0.15, -0.1) is 0 Å². The Labute approximate surface area is 145 Å². The smallest absolute Gasteiger partial charge is 0.324 e. The van der Waals surface area contributed by atoms with Crippen LogP contribution in [0.3, 0.4) is 0 Å². The Balaban J connectivity index is 2.34. The fourth-order valence-electron chi connectivity index (χ4n) is 2.75. The monoisotopic (exact) mass is 362 g/mol. The minimum Gasteiger partial charge on any atom is -0.454 e. The lowest BCUT2D eigenvalue weighted by atomic mass is 9.86. The molecule has 140 valence electrons. The molecule has 0 heterocycles. The first-order valence-electron chi connectivity index (χ1n) is 8.71. The van der Waals surface area contributed by atoms with Gasteiger partial charge in [0, 0.05) is 6.04 Å². The van der Waals surface area contributed by atoms with Crippen LogP contribution in [-0.4, -0.2) is 44.7 Å². The van der Waals surface area contributed by atoms with Gasteiger partial charge in [0.25, 0.3) is 5.91 Å². The van der Waals surface area contributed by atoms with Crippen LogP contribution in [0, 0.1) is 5.92 Å². The van der Waals surface area contributed by atoms with E-state index in [1.807, 2.05) is 6.92 Å². The summed E-state index contributed by atoms with van der Waals surface area (Å²) in [6.07, 6.45) is 5.57. The Morgan fingerprint density at radius 1 is 1.25 bits per heavy atom. The zero-order valence-electron chi connectivity index (χ0n) is 14.8. The Bertz CT molecular complexity index is 521. The lowest BCUT2D eigenvalue weighted by Crippen LogP contribution is -2.44. The number of sulfonamides is 1. The zero-order chi connectivity index (χ0) is 18.2. The molecule has 8 heteroatoms. The van der Waals surface area contributed by atoms with Crippen LogP contribution in [-0.2, 0) is 24.3 Å². The summed E-state index contributed by atoms with van der Waals surface area (Å²) >= 11 is 0. The third-order valence-corrected chi connectivity index (χ3v) is 5.82. The summed E-state index contributed by atoms with van der Waals surface area (Å²) in [5.41, 5.74) is 0. The maximum atomic E-state index is 11.9. The molecule has 0 aliphatic heterocycles. The van der Waals surface area contributed by atoms with Crippen LogP contribution in [0.4, 0.5) is 0 Å². The second-order valence-electron chi connectivity index (χ2n) is 6.56. The van der Waals surface area contributed by atoms with Gasteiger partial charge >= 0.3 is 5.97 Å². The lowest BCUT2D eigenvalue weighted by molar-refractivity contribution is -0.150. The molecule has 0 aromatic carbocycles. The standard InChI is InChI=1S/C16H30N2O5S/c1-4-5-10-24(21,22)18-13(3)16(20)23-11-15(19)17-14-9-7-6-8-12(14)2/h12-14,18H,4-11H2,1-3H3,(H,17,19)/t12-,13+,14-/m1/s1. The lowest BCUT2D eigenvalue weighted by Gasteiger charge is -2.29. The average Bonchev–Trinajstić information content (AvgIpc) is 2.52. The van der Waals surface area contributed by atoms with Gasteiger partial charge in [0.15, 0.2) is 6.61 Å². The molecule has 1 amide bonds. The van der Waals surface area contributed by atoms with Gasteiger partial charge in [-0.2, -0.15) is 0 Å². The SMILES string of the molecule is CCCCS(=O)(=O)N[C@@H](C)C(=O)OCC(=O)N[C@@H]1CCCC[C@H]1C. The van der Waals surface area contributed by atoms with Crippen molar-refractivity contribution < 1.29 is 22.7 Å². The fourth-order valence-corrected chi connectivity index (χ4v) is 4.17. The van der Waals surface area contributed by atoms with Crippen LogP contribution < -0.4 is 10.0 Å². The van der Waals surface area contributed by atoms with E-state index in [0.717, 1.165) is 25.7 Å². The summed E-state index contributed by atoms with van der Waals surface area (Å²) in [4.78, 5) is 23.7. The molecule has 24 heavy (non-hydrogen) atoms. The number of nitrogens with one attached hydrogen (secondary N) is 2. The number of esters is 1. The molecule has 0 aromatic heterocycles. The highest BCUT2D eigenvalue weighted by molar-refractivity contribution is 7.89. The summed E-state index contributed by atoms with van der Waals surface area (Å²) < 4.78 is 30.7. The van der Waals surface area contributed by atoms with E-state index in [9.17, 15) is 18.0 Å². The molecule has 0 bridgehead atoms. The Hall–Kier alpha value is -1.15. The predicted molar refractivity (Wildman–Crippen MR) is 91.8 cm³/mol. The van der Waals surface area contributed by atoms with E-state index < -0.39 is 22.0 Å². The van der Waals surface area contributed by atoms with Crippen molar-refractivity contribution in [3.8, 4) is 0 Å². The quantitative estimate of drug-likeness (QED) is 0.603. The number of carbonyl (C=O) groups is 2. The third-order valence-electron chi connectivity index (χ3n) is 4.28. The van der Waals surface area contributed by atoms with Crippen LogP contribution in [0.5, 0.6) is 0 Å². The Morgan fingerprint density at radius 3 is 2.54 bits per heavy atom. The third kappa shape index (κ3) is 7.61. The maximum absolute atomic E-state index is 11.9. The minimum atomic E-state index is -3.51. The molecule has 7 nitrogen and oxygen atoms in total. The van der Waals surface area contributed by atoms with Crippen molar-refractivity contribution in [3.63, 3.8) is 0 Å². The molecule has 1 saturated carbocycles. The molecule has 0 aromatic rings. The number of ether oxygens (including phenoxy) is 1. The summed E-state index contributed by atoms with van der Waals surface area (Å²) in [6.45, 7) is 5.01. The van der Waals surface area contributed by atoms with Crippen LogP contribution in [0.2, 0.25) is 0 Å². The van der Waals surface area contributed by atoms with E-state index >= 15 is 0 Å². The van der Waals surface area contributed by atoms with Crippen LogP contribution in [0.15, 0.2) is 0 Å². The first-order chi connectivity index (χ1) is 11.2. The minimum absolute atomic E-state index is 0.0266. The van der Waals surface area contributed by atoms with Gasteiger partial charge in [0.1, 0.15) is 6.04 Å². The molecule has 1 aliphatic carbocycles. The molecule has 0 radical (unpaired) electrons. The number of hydrogen-bond acceptors (Lipinski definition) is 5. The van der Waals surface area contributed by atoms with Gasteiger partial charge in [0.2, 0.25) is 10.0 Å². The number of amides is 1. The van der Waals surface area contributed by atoms with Crippen molar-refractivity contribution in [2.24, 2.45) is 5.92 Å². The van der Waals surface area contributed by atoms with E-state index in [0.29, 0.717) is 12.3 Å². The van der Waals surface area contributed by atoms with Gasteiger partial charge in [-0.3, -0.25) is 9.59 Å². The van der Waals surface area contributed by atoms with Crippen molar-refractivity contribution >= 4 is 21.9 Å². The molecule has 1 aliphatic rings. The first-order valence-corrected chi connectivity index (χ1v) is 10.4. The van der Waals surface area contributed by atoms with Crippen molar-refractivity contribution in [1.29, 1.82) is 0 Å². The maximum Gasteiger partial charge on any atom is 0.324 e. The number of hydrogen-bond donors (Lipinski definition) is 2. The summed E-state index contributed by atoms with van der Waals surface area (Å²) in [5.74, 6) is -0.700. The summed E-state index contributed by atoms with van der Waals surface area (Å²) in [5, 5.41) is 2.88. The largest absolute Gasteiger partial charge is 0.454 e. The molecule has 0 saturated heterocycles. The molecule has 2 N–H and O–H groups in total. The van der Waals surface area contributed by atoms with Crippen LogP contribution >= 0.6 is 0 Å². The Kier molecular flexibility index (Phi) is 8.69. The van der Waals surface area contributed by atoms with Crippen LogP contribution in [0.25, 0.3) is 0 Å². The van der Waals surface area contributed by atoms with Gasteiger partial charge in [0.05, 0.1) is 5.75 Å². The average molecular weight is 362 g/mol. The van der Waals surface area contributed by atoms with Crippen molar-refractivity contribution in [2.75, 3.05) is 12.4 Å². The van der Waals surface area contributed by atoms with E-state index in [-0.39, 0.29) is 24.3 Å². The molecule has 0 spiro atoms. The second kappa shape index (κ2) is 9.98. The van der Waals surface area contributed by atoms with Gasteiger partial charge in [-0.25, -0.2) is 13.1 Å². The van der Waals surface area contributed by atoms with Gasteiger partial charge < -0.3 is 10.1 Å². The first kappa shape index (κ1) is 20.9. The van der Waals surface area contributed by atoms with E-state index in [1.165, 1.54) is 13.3 Å². The highest BCUT2D eigenvalue weighted by Crippen LogP contribution is 2.23. The van der Waals surface area contributed by atoms with Crippen LogP contribution in [0.1, 0.15) is 59.3 Å². The zero-order valence-corrected chi connectivity index (χ0v) is 15.7. The second-order valence-corrected chi connectivity index (χ2v) is 8.43. The van der Waals surface area contributed by atoms with Gasteiger partial charge in [-0.1, -0.05) is 33.1 Å². The normalized spacial score (nSPS) is 22.6. The molecule has 1 rings (SSSR count). The van der Waals surface area contributed by atoms with Crippen molar-refractivity contribution in [1.82, 2.24) is 10.0 Å². The number of carbonyl (C=O) groups excluding carboxylic acids is 2. The van der Waals surface area contributed by atoms with E-state index in [2.05, 4.69) is 17.0 Å². The highest BCUT2D eigenvalue weighted by Gasteiger charge is 2.25. The van der Waals surface area contributed by atoms with E-state index in [4.69, 9.17) is 4.74 Å². The summed E-state index contributed by atoms with van der Waals surface area (Å²) in [7, 11) is -3.51. The van der Waals surface area contributed by atoms with Crippen molar-refractivity contribution in [3.05, 3.63) is 0 Å². The topological polar surface area (TPSA) is 102 Å². The number of unbranched alkanes of at least 4 members (excludes halogenated alkanes) is 1. The van der Waals surface area contributed by atoms with Crippen molar-refractivity contribution in [2.45, 2.75) is 71.4 Å². The predicted octanol–water partition coefficient (Wildman–Crippen LogP) is 1.33. The summed E-state index contributed by atoms with van der Waals surface area (Å²) in [6, 6.07) is -0.886. The molecular weight excluding hydrogens is 332 g/mol. The molecular formula is C16H30N2O5S. The highest BCUT2D eigenvalue weighted by atomic mass is 32.2. The molecule has 0 unspecified atom stereocenters. The van der Waals surface area contributed by atoms with E-state index in [1.54, 1.807) is 0 Å². The fraction of sp³-hybridized carbons (Fsp3) is 0.875. The number of rotatable bonds is 9. The molecule has 3 atom stereocenters.